The number of carbonyl (C=O) groups is 1. The predicted molar refractivity (Wildman–Crippen MR) is 112 cm³/mol. The summed E-state index contributed by atoms with van der Waals surface area (Å²) in [5, 5.41) is 3.89. The molecule has 1 amide bonds. The first-order chi connectivity index (χ1) is 13.6. The Morgan fingerprint density at radius 2 is 1.93 bits per heavy atom. The Kier molecular flexibility index (Phi) is 5.54. The van der Waals surface area contributed by atoms with Gasteiger partial charge in [0.05, 0.1) is 15.8 Å². The number of halogens is 1. The second kappa shape index (κ2) is 8.24. The summed E-state index contributed by atoms with van der Waals surface area (Å²) in [6, 6.07) is 12.4. The van der Waals surface area contributed by atoms with E-state index in [0.29, 0.717) is 6.54 Å². The molecule has 2 aromatic carbocycles. The van der Waals surface area contributed by atoms with E-state index in [0.717, 1.165) is 43.4 Å². The first-order valence-corrected chi connectivity index (χ1v) is 10.3. The quantitative estimate of drug-likeness (QED) is 0.717. The molecule has 0 aliphatic carbocycles. The van der Waals surface area contributed by atoms with Crippen LogP contribution in [0.4, 0.5) is 9.52 Å². The van der Waals surface area contributed by atoms with Gasteiger partial charge in [-0.05, 0) is 30.7 Å². The number of fused-ring (bicyclic) bond motifs is 1. The number of hydrogen-bond acceptors (Lipinski definition) is 5. The lowest BCUT2D eigenvalue weighted by Gasteiger charge is -2.34. The van der Waals surface area contributed by atoms with Crippen LogP contribution in [-0.4, -0.2) is 55.1 Å². The standard InChI is InChI=1S/C21H23FN4OS/c1-15-5-4-8-18-19(15)24-21(28-18)26-13-11-25(12-14-26)10-9-23-20(27)16-6-2-3-7-17(16)22/h2-8H,9-14H2,1H3,(H,23,27). The monoisotopic (exact) mass is 398 g/mol. The maximum Gasteiger partial charge on any atom is 0.254 e. The molecular weight excluding hydrogens is 375 g/mol. The average molecular weight is 399 g/mol. The summed E-state index contributed by atoms with van der Waals surface area (Å²) in [5.74, 6) is -0.846. The second-order valence-electron chi connectivity index (χ2n) is 6.98. The summed E-state index contributed by atoms with van der Waals surface area (Å²) in [4.78, 5) is 21.5. The number of rotatable bonds is 5. The first kappa shape index (κ1) is 18.8. The van der Waals surface area contributed by atoms with Crippen LogP contribution < -0.4 is 10.2 Å². The van der Waals surface area contributed by atoms with Crippen LogP contribution >= 0.6 is 11.3 Å². The summed E-state index contributed by atoms with van der Waals surface area (Å²) < 4.78 is 14.9. The number of nitrogens with one attached hydrogen (secondary N) is 1. The fourth-order valence-corrected chi connectivity index (χ4v) is 4.54. The first-order valence-electron chi connectivity index (χ1n) is 9.48. The highest BCUT2D eigenvalue weighted by atomic mass is 32.1. The molecule has 4 rings (SSSR count). The van der Waals surface area contributed by atoms with Crippen LogP contribution in [0.5, 0.6) is 0 Å². The van der Waals surface area contributed by atoms with E-state index in [1.807, 2.05) is 0 Å². The maximum absolute atomic E-state index is 13.6. The molecule has 5 nitrogen and oxygen atoms in total. The molecule has 0 saturated carbocycles. The van der Waals surface area contributed by atoms with Crippen molar-refractivity contribution in [2.45, 2.75) is 6.92 Å². The Balaban J connectivity index is 1.27. The van der Waals surface area contributed by atoms with Gasteiger partial charge in [-0.25, -0.2) is 9.37 Å². The number of aryl methyl sites for hydroxylation is 1. The minimum absolute atomic E-state index is 0.0958. The predicted octanol–water partition coefficient (Wildman–Crippen LogP) is 3.30. The molecule has 1 aliphatic heterocycles. The third kappa shape index (κ3) is 4.00. The van der Waals surface area contributed by atoms with E-state index < -0.39 is 5.82 Å². The van der Waals surface area contributed by atoms with Gasteiger partial charge >= 0.3 is 0 Å². The Bertz CT molecular complexity index is 981. The number of benzene rings is 2. The fourth-order valence-electron chi connectivity index (χ4n) is 3.44. The van der Waals surface area contributed by atoms with Gasteiger partial charge in [0.25, 0.3) is 5.91 Å². The van der Waals surface area contributed by atoms with Crippen molar-refractivity contribution in [3.8, 4) is 0 Å². The molecular formula is C21H23FN4OS. The lowest BCUT2D eigenvalue weighted by atomic mass is 10.2. The van der Waals surface area contributed by atoms with E-state index >= 15 is 0 Å². The van der Waals surface area contributed by atoms with Gasteiger partial charge in [-0.1, -0.05) is 35.6 Å². The minimum Gasteiger partial charge on any atom is -0.351 e. The zero-order valence-electron chi connectivity index (χ0n) is 15.8. The highest BCUT2D eigenvalue weighted by Crippen LogP contribution is 2.30. The topological polar surface area (TPSA) is 48.5 Å². The van der Waals surface area contributed by atoms with Crippen molar-refractivity contribution in [1.29, 1.82) is 0 Å². The van der Waals surface area contributed by atoms with Crippen molar-refractivity contribution in [3.05, 3.63) is 59.4 Å². The van der Waals surface area contributed by atoms with Gasteiger partial charge in [0, 0.05) is 39.3 Å². The molecule has 28 heavy (non-hydrogen) atoms. The highest BCUT2D eigenvalue weighted by Gasteiger charge is 2.20. The highest BCUT2D eigenvalue weighted by molar-refractivity contribution is 7.22. The number of thiazole rings is 1. The molecule has 2 heterocycles. The molecule has 1 saturated heterocycles. The van der Waals surface area contributed by atoms with Gasteiger partial charge < -0.3 is 10.2 Å². The normalized spacial score (nSPS) is 15.1. The summed E-state index contributed by atoms with van der Waals surface area (Å²) in [6.07, 6.45) is 0. The number of para-hydroxylation sites is 1. The molecule has 7 heteroatoms. The van der Waals surface area contributed by atoms with Crippen molar-refractivity contribution in [2.24, 2.45) is 0 Å². The molecule has 0 unspecified atom stereocenters. The molecule has 1 N–H and O–H groups in total. The number of anilines is 1. The van der Waals surface area contributed by atoms with Crippen LogP contribution in [0.1, 0.15) is 15.9 Å². The molecule has 1 aliphatic rings. The molecule has 0 atom stereocenters. The minimum atomic E-state index is -0.486. The van der Waals surface area contributed by atoms with Gasteiger partial charge in [-0.3, -0.25) is 9.69 Å². The summed E-state index contributed by atoms with van der Waals surface area (Å²) in [7, 11) is 0. The third-order valence-electron chi connectivity index (χ3n) is 5.08. The van der Waals surface area contributed by atoms with Crippen molar-refractivity contribution in [3.63, 3.8) is 0 Å². The van der Waals surface area contributed by atoms with Crippen LogP contribution in [0.15, 0.2) is 42.5 Å². The Morgan fingerprint density at radius 1 is 1.14 bits per heavy atom. The summed E-state index contributed by atoms with van der Waals surface area (Å²) >= 11 is 1.74. The molecule has 1 aromatic heterocycles. The zero-order chi connectivity index (χ0) is 19.5. The van der Waals surface area contributed by atoms with E-state index in [1.165, 1.54) is 22.4 Å². The van der Waals surface area contributed by atoms with Crippen LogP contribution in [-0.2, 0) is 0 Å². The third-order valence-corrected chi connectivity index (χ3v) is 6.17. The molecule has 1 fully saturated rings. The van der Waals surface area contributed by atoms with E-state index in [2.05, 4.69) is 40.2 Å². The molecule has 0 spiro atoms. The van der Waals surface area contributed by atoms with Crippen molar-refractivity contribution >= 4 is 32.6 Å². The fraction of sp³-hybridized carbons (Fsp3) is 0.333. The van der Waals surface area contributed by atoms with Gasteiger partial charge in [-0.15, -0.1) is 0 Å². The van der Waals surface area contributed by atoms with Crippen molar-refractivity contribution in [2.75, 3.05) is 44.2 Å². The van der Waals surface area contributed by atoms with Crippen LogP contribution in [0.3, 0.4) is 0 Å². The number of aromatic nitrogens is 1. The smallest absolute Gasteiger partial charge is 0.254 e. The van der Waals surface area contributed by atoms with E-state index in [-0.39, 0.29) is 11.5 Å². The molecule has 0 radical (unpaired) electrons. The summed E-state index contributed by atoms with van der Waals surface area (Å²) in [6.45, 7) is 7.04. The lowest BCUT2D eigenvalue weighted by molar-refractivity contribution is 0.0944. The number of carbonyl (C=O) groups excluding carboxylic acids is 1. The zero-order valence-corrected chi connectivity index (χ0v) is 16.6. The van der Waals surface area contributed by atoms with Crippen molar-refractivity contribution in [1.82, 2.24) is 15.2 Å². The van der Waals surface area contributed by atoms with Crippen LogP contribution in [0, 0.1) is 12.7 Å². The Morgan fingerprint density at radius 3 is 2.68 bits per heavy atom. The number of hydrogen-bond donors (Lipinski definition) is 1. The van der Waals surface area contributed by atoms with Crippen LogP contribution in [0.2, 0.25) is 0 Å². The van der Waals surface area contributed by atoms with Crippen LogP contribution in [0.25, 0.3) is 10.2 Å². The Labute approximate surface area is 167 Å². The van der Waals surface area contributed by atoms with Gasteiger partial charge in [0.15, 0.2) is 5.13 Å². The average Bonchev–Trinajstić information content (AvgIpc) is 3.14. The largest absolute Gasteiger partial charge is 0.351 e. The van der Waals surface area contributed by atoms with Crippen molar-refractivity contribution < 1.29 is 9.18 Å². The second-order valence-corrected chi connectivity index (χ2v) is 7.99. The number of piperazine rings is 1. The maximum atomic E-state index is 13.6. The van der Waals surface area contributed by atoms with E-state index in [9.17, 15) is 9.18 Å². The molecule has 146 valence electrons. The van der Waals surface area contributed by atoms with Gasteiger partial charge in [0.2, 0.25) is 0 Å². The molecule has 3 aromatic rings. The number of amides is 1. The van der Waals surface area contributed by atoms with Gasteiger partial charge in [0.1, 0.15) is 5.82 Å². The number of nitrogens with zero attached hydrogens (tertiary/aromatic N) is 3. The molecule has 0 bridgehead atoms. The SMILES string of the molecule is Cc1cccc2sc(N3CCN(CCNC(=O)c4ccccc4F)CC3)nc12. The Hall–Kier alpha value is -2.51. The summed E-state index contributed by atoms with van der Waals surface area (Å²) in [5.41, 5.74) is 2.41. The van der Waals surface area contributed by atoms with Gasteiger partial charge in [-0.2, -0.15) is 0 Å². The van der Waals surface area contributed by atoms with E-state index in [4.69, 9.17) is 4.98 Å². The lowest BCUT2D eigenvalue weighted by Crippen LogP contribution is -2.48. The van der Waals surface area contributed by atoms with E-state index in [1.54, 1.807) is 23.5 Å².